The molecule has 0 aromatic heterocycles. The summed E-state index contributed by atoms with van der Waals surface area (Å²) in [5.74, 6) is -2.20. The first kappa shape index (κ1) is 10.2. The van der Waals surface area contributed by atoms with Gasteiger partial charge in [0, 0.05) is 14.0 Å². The lowest BCUT2D eigenvalue weighted by molar-refractivity contribution is -0.148. The summed E-state index contributed by atoms with van der Waals surface area (Å²) >= 11 is 0. The lowest BCUT2D eigenvalue weighted by atomic mass is 10.5. The van der Waals surface area contributed by atoms with E-state index in [4.69, 9.17) is 10.2 Å². The van der Waals surface area contributed by atoms with Crippen LogP contribution in [0.3, 0.4) is 0 Å². The molecule has 0 aromatic rings. The van der Waals surface area contributed by atoms with E-state index >= 15 is 0 Å². The molecule has 0 saturated heterocycles. The molecular formula is C4H8O4. The molecule has 0 spiro atoms. The highest BCUT2D eigenvalue weighted by Crippen LogP contribution is 1.61. The summed E-state index contributed by atoms with van der Waals surface area (Å²) in [5.41, 5.74) is 0. The van der Waals surface area contributed by atoms with E-state index in [-0.39, 0.29) is 0 Å². The van der Waals surface area contributed by atoms with Gasteiger partial charge in [-0.1, -0.05) is 0 Å². The maximum atomic E-state index is 9.54. The second-order valence-corrected chi connectivity index (χ2v) is 0.861. The van der Waals surface area contributed by atoms with Gasteiger partial charge in [-0.2, -0.15) is 0 Å². The van der Waals surface area contributed by atoms with Crippen LogP contribution in [0.15, 0.2) is 0 Å². The number of carboxylic acid groups (broad SMARTS) is 1. The largest absolute Gasteiger partial charge is 0.476 e. The average Bonchev–Trinajstić information content (AvgIpc) is 1.72. The van der Waals surface area contributed by atoms with Crippen molar-refractivity contribution in [2.45, 2.75) is 6.92 Å². The lowest BCUT2D eigenvalue weighted by Crippen LogP contribution is -2.05. The molecule has 0 amide bonds. The van der Waals surface area contributed by atoms with Crippen LogP contribution in [-0.4, -0.2) is 29.1 Å². The Morgan fingerprint density at radius 3 is 1.38 bits per heavy atom. The Labute approximate surface area is 46.8 Å². The number of ketones is 1. The van der Waals surface area contributed by atoms with Gasteiger partial charge in [0.05, 0.1) is 0 Å². The van der Waals surface area contributed by atoms with Crippen molar-refractivity contribution in [1.29, 1.82) is 0 Å². The number of rotatable bonds is 1. The van der Waals surface area contributed by atoms with E-state index in [0.717, 1.165) is 14.0 Å². The second-order valence-electron chi connectivity index (χ2n) is 0.861. The number of carbonyl (C=O) groups is 2. The number of aliphatic hydroxyl groups excluding tert-OH is 1. The van der Waals surface area contributed by atoms with Crippen LogP contribution in [0.25, 0.3) is 0 Å². The number of aliphatic hydroxyl groups is 1. The molecule has 0 unspecified atom stereocenters. The molecular weight excluding hydrogens is 112 g/mol. The molecule has 8 heavy (non-hydrogen) atoms. The van der Waals surface area contributed by atoms with Crippen LogP contribution in [0.1, 0.15) is 6.92 Å². The van der Waals surface area contributed by atoms with Crippen molar-refractivity contribution in [3.63, 3.8) is 0 Å². The highest BCUT2D eigenvalue weighted by molar-refractivity contribution is 6.31. The molecule has 0 aromatic carbocycles. The second kappa shape index (κ2) is 6.10. The minimum absolute atomic E-state index is 0.824. The third-order valence-electron chi connectivity index (χ3n) is 0.301. The van der Waals surface area contributed by atoms with Crippen LogP contribution < -0.4 is 0 Å². The Bertz CT molecular complexity index is 74.0. The number of hydrogen-bond acceptors (Lipinski definition) is 3. The van der Waals surface area contributed by atoms with E-state index < -0.39 is 11.8 Å². The highest BCUT2D eigenvalue weighted by Gasteiger charge is 1.98. The van der Waals surface area contributed by atoms with E-state index in [0.29, 0.717) is 0 Å². The standard InChI is InChI=1S/C3H4O3.CH4O/c1-2(4)3(5)6;1-2/h1H3,(H,5,6);2H,1H3. The minimum atomic E-state index is -1.38. The van der Waals surface area contributed by atoms with Crippen molar-refractivity contribution >= 4 is 11.8 Å². The molecule has 0 atom stereocenters. The third kappa shape index (κ3) is 8.92. The zero-order valence-corrected chi connectivity index (χ0v) is 4.71. The molecule has 0 aliphatic rings. The number of Topliss-reactive ketones (excluding diaryl/α,β-unsaturated/α-hetero) is 1. The predicted molar refractivity (Wildman–Crippen MR) is 26.5 cm³/mol. The van der Waals surface area contributed by atoms with Crippen LogP contribution >= 0.6 is 0 Å². The van der Waals surface area contributed by atoms with E-state index in [1.54, 1.807) is 0 Å². The predicted octanol–water partition coefficient (Wildman–Crippen LogP) is -0.732. The lowest BCUT2D eigenvalue weighted by Gasteiger charge is -1.73. The van der Waals surface area contributed by atoms with Crippen molar-refractivity contribution in [1.82, 2.24) is 0 Å². The van der Waals surface area contributed by atoms with Gasteiger partial charge in [-0.15, -0.1) is 0 Å². The minimum Gasteiger partial charge on any atom is -0.476 e. The van der Waals surface area contributed by atoms with E-state index in [1.807, 2.05) is 0 Å². The van der Waals surface area contributed by atoms with E-state index in [1.165, 1.54) is 0 Å². The molecule has 0 aliphatic heterocycles. The van der Waals surface area contributed by atoms with Gasteiger partial charge in [-0.3, -0.25) is 4.79 Å². The van der Waals surface area contributed by atoms with Crippen molar-refractivity contribution in [2.75, 3.05) is 7.11 Å². The number of carboxylic acids is 1. The summed E-state index contributed by atoms with van der Waals surface area (Å²) in [6, 6.07) is 0. The van der Waals surface area contributed by atoms with Gasteiger partial charge in [0.2, 0.25) is 5.78 Å². The molecule has 48 valence electrons. The molecule has 0 rings (SSSR count). The molecule has 2 N–H and O–H groups in total. The smallest absolute Gasteiger partial charge is 0.371 e. The zero-order chi connectivity index (χ0) is 7.15. The fourth-order valence-electron chi connectivity index (χ4n) is 0. The molecule has 0 fully saturated rings. The normalized spacial score (nSPS) is 6.38. The molecule has 0 heterocycles. The summed E-state index contributed by atoms with van der Waals surface area (Å²) in [6.45, 7) is 1.00. The topological polar surface area (TPSA) is 74.6 Å². The Morgan fingerprint density at radius 1 is 1.25 bits per heavy atom. The van der Waals surface area contributed by atoms with Gasteiger partial charge in [-0.05, 0) is 0 Å². The first-order valence-corrected chi connectivity index (χ1v) is 1.83. The van der Waals surface area contributed by atoms with E-state index in [9.17, 15) is 9.59 Å². The van der Waals surface area contributed by atoms with Crippen molar-refractivity contribution in [2.24, 2.45) is 0 Å². The fourth-order valence-corrected chi connectivity index (χ4v) is 0. The summed E-state index contributed by atoms with van der Waals surface area (Å²) in [6.07, 6.45) is 0. The Hall–Kier alpha value is -0.900. The maximum absolute atomic E-state index is 9.54. The fraction of sp³-hybridized carbons (Fsp3) is 0.500. The van der Waals surface area contributed by atoms with Gasteiger partial charge in [0.1, 0.15) is 0 Å². The molecule has 0 saturated carbocycles. The SMILES string of the molecule is CC(=O)C(=O)O.CO. The van der Waals surface area contributed by atoms with Crippen LogP contribution in [0.2, 0.25) is 0 Å². The Morgan fingerprint density at radius 2 is 1.38 bits per heavy atom. The summed E-state index contributed by atoms with van der Waals surface area (Å²) in [4.78, 5) is 18.9. The summed E-state index contributed by atoms with van der Waals surface area (Å²) < 4.78 is 0. The summed E-state index contributed by atoms with van der Waals surface area (Å²) in [7, 11) is 1.00. The van der Waals surface area contributed by atoms with Gasteiger partial charge in [0.25, 0.3) is 0 Å². The van der Waals surface area contributed by atoms with Crippen LogP contribution in [0, 0.1) is 0 Å². The Kier molecular flexibility index (Phi) is 7.74. The van der Waals surface area contributed by atoms with Crippen molar-refractivity contribution < 1.29 is 19.8 Å². The van der Waals surface area contributed by atoms with Gasteiger partial charge in [-0.25, -0.2) is 4.79 Å². The number of hydrogen-bond donors (Lipinski definition) is 2. The highest BCUT2D eigenvalue weighted by atomic mass is 16.4. The van der Waals surface area contributed by atoms with Crippen LogP contribution in [-0.2, 0) is 9.59 Å². The average molecular weight is 120 g/mol. The molecule has 0 bridgehead atoms. The monoisotopic (exact) mass is 120 g/mol. The zero-order valence-electron chi connectivity index (χ0n) is 4.71. The summed E-state index contributed by atoms with van der Waals surface area (Å²) in [5, 5.41) is 14.6. The molecule has 0 radical (unpaired) electrons. The first-order chi connectivity index (χ1) is 3.64. The Balaban J connectivity index is 0. The molecule has 0 aliphatic carbocycles. The number of carbonyl (C=O) groups excluding carboxylic acids is 1. The number of aliphatic carboxylic acids is 1. The van der Waals surface area contributed by atoms with Crippen LogP contribution in [0.5, 0.6) is 0 Å². The van der Waals surface area contributed by atoms with Crippen LogP contribution in [0.4, 0.5) is 0 Å². The van der Waals surface area contributed by atoms with E-state index in [2.05, 4.69) is 0 Å². The molecule has 4 heteroatoms. The van der Waals surface area contributed by atoms with Gasteiger partial charge < -0.3 is 10.2 Å². The third-order valence-corrected chi connectivity index (χ3v) is 0.301. The molecule has 4 nitrogen and oxygen atoms in total. The van der Waals surface area contributed by atoms with Gasteiger partial charge >= 0.3 is 5.97 Å². The van der Waals surface area contributed by atoms with Crippen molar-refractivity contribution in [3.8, 4) is 0 Å². The quantitative estimate of drug-likeness (QED) is 0.447. The maximum Gasteiger partial charge on any atom is 0.371 e. The van der Waals surface area contributed by atoms with Gasteiger partial charge in [0.15, 0.2) is 0 Å². The first-order valence-electron chi connectivity index (χ1n) is 1.83. The van der Waals surface area contributed by atoms with Crippen molar-refractivity contribution in [3.05, 3.63) is 0 Å².